The van der Waals surface area contributed by atoms with E-state index in [4.69, 9.17) is 11.6 Å². The highest BCUT2D eigenvalue weighted by atomic mass is 35.5. The first-order valence-corrected chi connectivity index (χ1v) is 10.3. The van der Waals surface area contributed by atoms with Gasteiger partial charge in [0, 0.05) is 17.0 Å². The van der Waals surface area contributed by atoms with Crippen LogP contribution in [0.1, 0.15) is 56.4 Å². The molecule has 0 aliphatic heterocycles. The average Bonchev–Trinajstić information content (AvgIpc) is 3.42. The van der Waals surface area contributed by atoms with Crippen molar-refractivity contribution in [2.24, 2.45) is 5.92 Å². The molecule has 25 heavy (non-hydrogen) atoms. The molecule has 2 aliphatic carbocycles. The third-order valence-corrected chi connectivity index (χ3v) is 6.21. The van der Waals surface area contributed by atoms with E-state index in [1.807, 2.05) is 18.2 Å². The van der Waals surface area contributed by atoms with Gasteiger partial charge < -0.3 is 5.32 Å². The van der Waals surface area contributed by atoms with Gasteiger partial charge in [-0.15, -0.1) is 0 Å². The van der Waals surface area contributed by atoms with Crippen molar-refractivity contribution in [2.45, 2.75) is 56.9 Å². The highest BCUT2D eigenvalue weighted by Crippen LogP contribution is 2.41. The highest BCUT2D eigenvalue weighted by molar-refractivity contribution is 6.30. The Kier molecular flexibility index (Phi) is 5.43. The molecular weight excluding hydrogens is 326 g/mol. The lowest BCUT2D eigenvalue weighted by Crippen LogP contribution is -2.22. The molecular formula is C23H28ClN. The maximum Gasteiger partial charge on any atom is 0.0412 e. The van der Waals surface area contributed by atoms with Crippen LogP contribution in [0.3, 0.4) is 0 Å². The van der Waals surface area contributed by atoms with E-state index in [9.17, 15) is 0 Å². The summed E-state index contributed by atoms with van der Waals surface area (Å²) in [5.74, 6) is 1.69. The van der Waals surface area contributed by atoms with E-state index in [-0.39, 0.29) is 0 Å². The lowest BCUT2D eigenvalue weighted by molar-refractivity contribution is 0.333. The first kappa shape index (κ1) is 17.1. The van der Waals surface area contributed by atoms with Crippen LogP contribution in [-0.4, -0.2) is 12.6 Å². The zero-order valence-electron chi connectivity index (χ0n) is 14.9. The van der Waals surface area contributed by atoms with E-state index in [0.29, 0.717) is 12.0 Å². The SMILES string of the molecule is Clc1cccc(-c2ccc(C3C[C@@H]3NCCC3CCCCC3)cc2)c1. The van der Waals surface area contributed by atoms with Crippen molar-refractivity contribution in [1.29, 1.82) is 0 Å². The summed E-state index contributed by atoms with van der Waals surface area (Å²) < 4.78 is 0. The zero-order chi connectivity index (χ0) is 17.1. The van der Waals surface area contributed by atoms with E-state index < -0.39 is 0 Å². The maximum absolute atomic E-state index is 6.10. The summed E-state index contributed by atoms with van der Waals surface area (Å²) in [5.41, 5.74) is 3.91. The van der Waals surface area contributed by atoms with Gasteiger partial charge >= 0.3 is 0 Å². The third kappa shape index (κ3) is 4.46. The summed E-state index contributed by atoms with van der Waals surface area (Å²) in [5, 5.41) is 4.59. The van der Waals surface area contributed by atoms with Crippen molar-refractivity contribution in [3.05, 3.63) is 59.1 Å². The minimum atomic E-state index is 0.695. The molecule has 2 aromatic carbocycles. The van der Waals surface area contributed by atoms with Crippen LogP contribution in [0.15, 0.2) is 48.5 Å². The molecule has 0 heterocycles. The average molecular weight is 354 g/mol. The fraction of sp³-hybridized carbons (Fsp3) is 0.478. The van der Waals surface area contributed by atoms with Gasteiger partial charge in [0.2, 0.25) is 0 Å². The third-order valence-electron chi connectivity index (χ3n) is 5.97. The fourth-order valence-corrected chi connectivity index (χ4v) is 4.52. The van der Waals surface area contributed by atoms with Crippen molar-refractivity contribution in [3.63, 3.8) is 0 Å². The van der Waals surface area contributed by atoms with Crippen molar-refractivity contribution >= 4 is 11.6 Å². The molecule has 2 fully saturated rings. The Hall–Kier alpha value is -1.31. The molecule has 4 rings (SSSR count). The molecule has 0 amide bonds. The number of hydrogen-bond donors (Lipinski definition) is 1. The largest absolute Gasteiger partial charge is 0.313 e. The van der Waals surface area contributed by atoms with Gasteiger partial charge in [-0.3, -0.25) is 0 Å². The molecule has 2 saturated carbocycles. The molecule has 2 aliphatic rings. The van der Waals surface area contributed by atoms with E-state index >= 15 is 0 Å². The predicted octanol–water partition coefficient (Wildman–Crippen LogP) is 6.42. The normalized spacial score (nSPS) is 23.6. The summed E-state index contributed by atoms with van der Waals surface area (Å²) in [4.78, 5) is 0. The van der Waals surface area contributed by atoms with Crippen molar-refractivity contribution < 1.29 is 0 Å². The Morgan fingerprint density at radius 3 is 2.48 bits per heavy atom. The van der Waals surface area contributed by atoms with Gasteiger partial charge in [0.05, 0.1) is 0 Å². The summed E-state index contributed by atoms with van der Waals surface area (Å²) >= 11 is 6.10. The second-order valence-corrected chi connectivity index (χ2v) is 8.26. The van der Waals surface area contributed by atoms with Crippen LogP contribution in [0.2, 0.25) is 5.02 Å². The highest BCUT2D eigenvalue weighted by Gasteiger charge is 2.37. The molecule has 132 valence electrons. The van der Waals surface area contributed by atoms with Crippen LogP contribution in [0.4, 0.5) is 0 Å². The molecule has 0 saturated heterocycles. The van der Waals surface area contributed by atoms with Gasteiger partial charge in [-0.25, -0.2) is 0 Å². The van der Waals surface area contributed by atoms with Gasteiger partial charge in [-0.05, 0) is 54.1 Å². The van der Waals surface area contributed by atoms with E-state index in [1.54, 1.807) is 0 Å². The van der Waals surface area contributed by atoms with Gasteiger partial charge in [-0.2, -0.15) is 0 Å². The Labute approximate surface area is 156 Å². The van der Waals surface area contributed by atoms with Crippen LogP contribution in [0.25, 0.3) is 11.1 Å². The van der Waals surface area contributed by atoms with Crippen LogP contribution in [-0.2, 0) is 0 Å². The molecule has 1 unspecified atom stereocenters. The summed E-state index contributed by atoms with van der Waals surface area (Å²) in [6, 6.07) is 17.8. The molecule has 2 aromatic rings. The van der Waals surface area contributed by atoms with Crippen molar-refractivity contribution in [3.8, 4) is 11.1 Å². The molecule has 1 nitrogen and oxygen atoms in total. The van der Waals surface area contributed by atoms with Gasteiger partial charge in [-0.1, -0.05) is 80.1 Å². The molecule has 2 heteroatoms. The van der Waals surface area contributed by atoms with Gasteiger partial charge in [0.1, 0.15) is 0 Å². The Balaban J connectivity index is 1.27. The van der Waals surface area contributed by atoms with Crippen LogP contribution in [0, 0.1) is 5.92 Å². The number of rotatable bonds is 6. The minimum absolute atomic E-state index is 0.695. The predicted molar refractivity (Wildman–Crippen MR) is 107 cm³/mol. The Bertz CT molecular complexity index is 687. The van der Waals surface area contributed by atoms with E-state index in [0.717, 1.165) is 10.9 Å². The molecule has 0 radical (unpaired) electrons. The van der Waals surface area contributed by atoms with Crippen LogP contribution >= 0.6 is 11.6 Å². The summed E-state index contributed by atoms with van der Waals surface area (Å²) in [6.45, 7) is 1.20. The quantitative estimate of drug-likeness (QED) is 0.631. The van der Waals surface area contributed by atoms with Crippen molar-refractivity contribution in [1.82, 2.24) is 5.32 Å². The number of hydrogen-bond acceptors (Lipinski definition) is 1. The lowest BCUT2D eigenvalue weighted by Gasteiger charge is -2.21. The Morgan fingerprint density at radius 1 is 0.920 bits per heavy atom. The smallest absolute Gasteiger partial charge is 0.0412 e. The first-order valence-electron chi connectivity index (χ1n) is 9.89. The van der Waals surface area contributed by atoms with Gasteiger partial charge in [0.25, 0.3) is 0 Å². The Morgan fingerprint density at radius 2 is 1.72 bits per heavy atom. The molecule has 2 atom stereocenters. The fourth-order valence-electron chi connectivity index (χ4n) is 4.33. The number of benzene rings is 2. The standard InChI is InChI=1S/C23H28ClN/c24-21-8-4-7-20(15-21)18-9-11-19(12-10-18)22-16-23(22)25-14-13-17-5-2-1-3-6-17/h4,7-12,15,17,22-23,25H,1-3,5-6,13-14,16H2/t22?,23-/m0/s1. The second kappa shape index (κ2) is 7.93. The molecule has 1 N–H and O–H groups in total. The van der Waals surface area contributed by atoms with Crippen LogP contribution < -0.4 is 5.32 Å². The molecule has 0 spiro atoms. The second-order valence-electron chi connectivity index (χ2n) is 7.83. The number of nitrogens with one attached hydrogen (secondary N) is 1. The first-order chi connectivity index (χ1) is 12.3. The molecule has 0 bridgehead atoms. The van der Waals surface area contributed by atoms with Crippen molar-refractivity contribution in [2.75, 3.05) is 6.54 Å². The maximum atomic E-state index is 6.10. The van der Waals surface area contributed by atoms with Gasteiger partial charge in [0.15, 0.2) is 0 Å². The summed E-state index contributed by atoms with van der Waals surface area (Å²) in [6.07, 6.45) is 9.95. The summed E-state index contributed by atoms with van der Waals surface area (Å²) in [7, 11) is 0. The van der Waals surface area contributed by atoms with E-state index in [1.165, 1.54) is 68.2 Å². The minimum Gasteiger partial charge on any atom is -0.313 e. The van der Waals surface area contributed by atoms with E-state index in [2.05, 4.69) is 35.6 Å². The topological polar surface area (TPSA) is 12.0 Å². The molecule has 0 aromatic heterocycles. The van der Waals surface area contributed by atoms with Crippen LogP contribution in [0.5, 0.6) is 0 Å². The lowest BCUT2D eigenvalue weighted by atomic mass is 9.87. The number of halogens is 1. The monoisotopic (exact) mass is 353 g/mol. The zero-order valence-corrected chi connectivity index (χ0v) is 15.6.